The van der Waals surface area contributed by atoms with Crippen molar-refractivity contribution >= 4 is 11.6 Å². The van der Waals surface area contributed by atoms with E-state index in [9.17, 15) is 4.79 Å². The van der Waals surface area contributed by atoms with E-state index in [1.165, 1.54) is 5.56 Å². The van der Waals surface area contributed by atoms with Gasteiger partial charge >= 0.3 is 0 Å². The predicted octanol–water partition coefficient (Wildman–Crippen LogP) is 4.70. The number of carbonyl (C=O) groups excluding carboxylic acids is 1. The molecule has 0 fully saturated rings. The zero-order chi connectivity index (χ0) is 15.1. The first-order chi connectivity index (χ1) is 10.2. The van der Waals surface area contributed by atoms with Crippen LogP contribution < -0.4 is 4.90 Å². The molecule has 0 saturated carbocycles. The summed E-state index contributed by atoms with van der Waals surface area (Å²) in [5.74, 6) is 0.961. The second-order valence-electron chi connectivity index (χ2n) is 5.35. The summed E-state index contributed by atoms with van der Waals surface area (Å²) in [6.07, 6.45) is 5.38. The summed E-state index contributed by atoms with van der Waals surface area (Å²) in [4.78, 5) is 14.3. The average molecular weight is 285 g/mol. The number of aryl methyl sites for hydroxylation is 1. The standard InChI is InChI=1S/C18H23NO2/c1-3-4-5-8-18(20)19(14-17-7-6-13-21-17)16-11-9-15(2)10-12-16/h6-7,9-13H,3-5,8,14H2,1-2H3. The molecule has 1 heterocycles. The van der Waals surface area contributed by atoms with Crippen LogP contribution in [0.25, 0.3) is 0 Å². The molecule has 2 aromatic rings. The van der Waals surface area contributed by atoms with E-state index in [0.29, 0.717) is 13.0 Å². The van der Waals surface area contributed by atoms with Gasteiger partial charge in [0.25, 0.3) is 0 Å². The number of amides is 1. The Morgan fingerprint density at radius 1 is 1.14 bits per heavy atom. The Morgan fingerprint density at radius 3 is 2.52 bits per heavy atom. The molecule has 1 aromatic carbocycles. The van der Waals surface area contributed by atoms with E-state index in [-0.39, 0.29) is 5.91 Å². The number of carbonyl (C=O) groups is 1. The van der Waals surface area contributed by atoms with Crippen molar-refractivity contribution in [2.45, 2.75) is 46.1 Å². The molecule has 2 rings (SSSR count). The van der Waals surface area contributed by atoms with Crippen LogP contribution in [0.15, 0.2) is 47.1 Å². The van der Waals surface area contributed by atoms with Crippen LogP contribution in [-0.4, -0.2) is 5.91 Å². The molecule has 112 valence electrons. The summed E-state index contributed by atoms with van der Waals surface area (Å²) >= 11 is 0. The van der Waals surface area contributed by atoms with Crippen LogP contribution in [0.3, 0.4) is 0 Å². The minimum absolute atomic E-state index is 0.156. The van der Waals surface area contributed by atoms with Gasteiger partial charge in [-0.2, -0.15) is 0 Å². The number of hydrogen-bond donors (Lipinski definition) is 0. The topological polar surface area (TPSA) is 33.5 Å². The fraction of sp³-hybridized carbons (Fsp3) is 0.389. The molecular formula is C18H23NO2. The lowest BCUT2D eigenvalue weighted by Crippen LogP contribution is -2.30. The summed E-state index contributed by atoms with van der Waals surface area (Å²) in [5, 5.41) is 0. The molecule has 0 saturated heterocycles. The van der Waals surface area contributed by atoms with Crippen molar-refractivity contribution in [2.24, 2.45) is 0 Å². The smallest absolute Gasteiger partial charge is 0.227 e. The van der Waals surface area contributed by atoms with E-state index in [1.54, 1.807) is 6.26 Å². The maximum Gasteiger partial charge on any atom is 0.227 e. The summed E-state index contributed by atoms with van der Waals surface area (Å²) in [5.41, 5.74) is 2.12. The van der Waals surface area contributed by atoms with Gasteiger partial charge in [0.05, 0.1) is 12.8 Å². The molecule has 3 heteroatoms. The van der Waals surface area contributed by atoms with Crippen LogP contribution in [0.4, 0.5) is 5.69 Å². The van der Waals surface area contributed by atoms with Gasteiger partial charge in [0.1, 0.15) is 5.76 Å². The van der Waals surface area contributed by atoms with Gasteiger partial charge in [-0.05, 0) is 37.6 Å². The minimum Gasteiger partial charge on any atom is -0.467 e. The fourth-order valence-electron chi connectivity index (χ4n) is 2.27. The van der Waals surface area contributed by atoms with Crippen LogP contribution in [0.2, 0.25) is 0 Å². The van der Waals surface area contributed by atoms with Gasteiger partial charge in [-0.3, -0.25) is 4.79 Å². The number of nitrogens with zero attached hydrogens (tertiary/aromatic N) is 1. The molecule has 21 heavy (non-hydrogen) atoms. The number of unbranched alkanes of at least 4 members (excludes halogenated alkanes) is 2. The molecule has 1 aromatic heterocycles. The Kier molecular flexibility index (Phi) is 5.61. The molecule has 0 bridgehead atoms. The molecule has 3 nitrogen and oxygen atoms in total. The Hall–Kier alpha value is -2.03. The largest absolute Gasteiger partial charge is 0.467 e. The number of rotatable bonds is 7. The second-order valence-corrected chi connectivity index (χ2v) is 5.35. The summed E-state index contributed by atoms with van der Waals surface area (Å²) < 4.78 is 5.39. The number of furan rings is 1. The van der Waals surface area contributed by atoms with Crippen molar-refractivity contribution in [3.05, 3.63) is 54.0 Å². The molecule has 0 unspecified atom stereocenters. The van der Waals surface area contributed by atoms with Crippen molar-refractivity contribution in [3.63, 3.8) is 0 Å². The maximum absolute atomic E-state index is 12.5. The lowest BCUT2D eigenvalue weighted by Gasteiger charge is -2.22. The van der Waals surface area contributed by atoms with E-state index in [0.717, 1.165) is 30.7 Å². The second kappa shape index (κ2) is 7.67. The highest BCUT2D eigenvalue weighted by atomic mass is 16.3. The molecule has 0 aliphatic carbocycles. The van der Waals surface area contributed by atoms with Crippen molar-refractivity contribution in [3.8, 4) is 0 Å². The predicted molar refractivity (Wildman–Crippen MR) is 85.2 cm³/mol. The quantitative estimate of drug-likeness (QED) is 0.691. The highest BCUT2D eigenvalue weighted by molar-refractivity contribution is 5.93. The lowest BCUT2D eigenvalue weighted by molar-refractivity contribution is -0.118. The lowest BCUT2D eigenvalue weighted by atomic mass is 10.1. The third-order valence-corrected chi connectivity index (χ3v) is 3.53. The molecule has 1 amide bonds. The van der Waals surface area contributed by atoms with Gasteiger partial charge < -0.3 is 9.32 Å². The molecule has 0 spiro atoms. The fourth-order valence-corrected chi connectivity index (χ4v) is 2.27. The third-order valence-electron chi connectivity index (χ3n) is 3.53. The molecule has 0 atom stereocenters. The Morgan fingerprint density at radius 2 is 1.90 bits per heavy atom. The molecule has 0 aliphatic rings. The van der Waals surface area contributed by atoms with Gasteiger partial charge in [0.2, 0.25) is 5.91 Å². The van der Waals surface area contributed by atoms with Crippen LogP contribution >= 0.6 is 0 Å². The molecule has 0 aliphatic heterocycles. The monoisotopic (exact) mass is 285 g/mol. The number of hydrogen-bond acceptors (Lipinski definition) is 2. The highest BCUT2D eigenvalue weighted by Crippen LogP contribution is 2.20. The Labute approximate surface area is 126 Å². The van der Waals surface area contributed by atoms with Crippen molar-refractivity contribution < 1.29 is 9.21 Å². The molecule has 0 radical (unpaired) electrons. The van der Waals surface area contributed by atoms with Gasteiger partial charge in [-0.25, -0.2) is 0 Å². The van der Waals surface area contributed by atoms with E-state index in [2.05, 4.69) is 6.92 Å². The first kappa shape index (κ1) is 15.4. The van der Waals surface area contributed by atoms with Crippen molar-refractivity contribution in [2.75, 3.05) is 4.90 Å². The van der Waals surface area contributed by atoms with E-state index >= 15 is 0 Å². The Bertz CT molecular complexity index is 543. The molecular weight excluding hydrogens is 262 g/mol. The SMILES string of the molecule is CCCCCC(=O)N(Cc1ccco1)c1ccc(C)cc1. The van der Waals surface area contributed by atoms with Crippen LogP contribution in [0.5, 0.6) is 0 Å². The van der Waals surface area contributed by atoms with E-state index < -0.39 is 0 Å². The van der Waals surface area contributed by atoms with E-state index in [1.807, 2.05) is 48.2 Å². The van der Waals surface area contributed by atoms with Gasteiger partial charge in [0, 0.05) is 12.1 Å². The van der Waals surface area contributed by atoms with Gasteiger partial charge in [-0.1, -0.05) is 37.5 Å². The van der Waals surface area contributed by atoms with Crippen molar-refractivity contribution in [1.29, 1.82) is 0 Å². The number of benzene rings is 1. The van der Waals surface area contributed by atoms with E-state index in [4.69, 9.17) is 4.42 Å². The zero-order valence-corrected chi connectivity index (χ0v) is 12.8. The van der Waals surface area contributed by atoms with Crippen LogP contribution in [0.1, 0.15) is 43.9 Å². The summed E-state index contributed by atoms with van der Waals surface area (Å²) in [6.45, 7) is 4.68. The number of anilines is 1. The Balaban J connectivity index is 2.13. The maximum atomic E-state index is 12.5. The molecule has 0 N–H and O–H groups in total. The zero-order valence-electron chi connectivity index (χ0n) is 12.8. The normalized spacial score (nSPS) is 10.6. The summed E-state index contributed by atoms with van der Waals surface area (Å²) in [6, 6.07) is 11.8. The van der Waals surface area contributed by atoms with Crippen LogP contribution in [-0.2, 0) is 11.3 Å². The van der Waals surface area contributed by atoms with Gasteiger partial charge in [-0.15, -0.1) is 0 Å². The third kappa shape index (κ3) is 4.48. The van der Waals surface area contributed by atoms with Crippen molar-refractivity contribution in [1.82, 2.24) is 0 Å². The minimum atomic E-state index is 0.156. The first-order valence-corrected chi connectivity index (χ1v) is 7.60. The van der Waals surface area contributed by atoms with Crippen LogP contribution in [0, 0.1) is 6.92 Å². The van der Waals surface area contributed by atoms with Gasteiger partial charge in [0.15, 0.2) is 0 Å². The summed E-state index contributed by atoms with van der Waals surface area (Å²) in [7, 11) is 0. The highest BCUT2D eigenvalue weighted by Gasteiger charge is 2.16. The first-order valence-electron chi connectivity index (χ1n) is 7.60. The average Bonchev–Trinajstić information content (AvgIpc) is 2.99.